The standard InChI is InChI=1S/C5H11NO2S/c1-2-3-9(8)4-5(6)7/h2-4H2,1H3,(H2,6,7). The molecule has 4 heteroatoms. The normalized spacial score (nSPS) is 13.0. The minimum Gasteiger partial charge on any atom is -0.369 e. The Bertz CT molecular complexity index is 124. The Kier molecular flexibility index (Phi) is 4.30. The molecule has 0 aromatic heterocycles. The van der Waals surface area contributed by atoms with Gasteiger partial charge in [0.15, 0.2) is 0 Å². The number of nitrogens with two attached hydrogens (primary N) is 1. The molecule has 0 heterocycles. The van der Waals surface area contributed by atoms with Crippen LogP contribution in [0.15, 0.2) is 0 Å². The summed E-state index contributed by atoms with van der Waals surface area (Å²) in [6.45, 7) is 1.92. The highest BCUT2D eigenvalue weighted by Gasteiger charge is 2.00. The Hall–Kier alpha value is -0.380. The fraction of sp³-hybridized carbons (Fsp3) is 0.800. The predicted octanol–water partition coefficient (Wildman–Crippen LogP) is -0.370. The van der Waals surface area contributed by atoms with Crippen molar-refractivity contribution in [1.82, 2.24) is 0 Å². The summed E-state index contributed by atoms with van der Waals surface area (Å²) in [5, 5.41) is 0. The molecule has 3 nitrogen and oxygen atoms in total. The molecule has 0 bridgehead atoms. The van der Waals surface area contributed by atoms with Crippen LogP contribution in [0.1, 0.15) is 13.3 Å². The number of amides is 1. The lowest BCUT2D eigenvalue weighted by Crippen LogP contribution is -2.20. The largest absolute Gasteiger partial charge is 0.369 e. The number of rotatable bonds is 4. The summed E-state index contributed by atoms with van der Waals surface area (Å²) < 4.78 is 10.7. The summed E-state index contributed by atoms with van der Waals surface area (Å²) in [4.78, 5) is 10.1. The van der Waals surface area contributed by atoms with Gasteiger partial charge in [0.2, 0.25) is 5.91 Å². The van der Waals surface area contributed by atoms with Crippen molar-refractivity contribution in [2.24, 2.45) is 5.73 Å². The number of primary amides is 1. The summed E-state index contributed by atoms with van der Waals surface area (Å²) in [7, 11) is -1.02. The molecule has 1 unspecified atom stereocenters. The molecule has 0 saturated carbocycles. The minimum atomic E-state index is -1.02. The molecule has 0 aromatic carbocycles. The van der Waals surface area contributed by atoms with Crippen molar-refractivity contribution in [3.63, 3.8) is 0 Å². The van der Waals surface area contributed by atoms with Gasteiger partial charge in [-0.3, -0.25) is 9.00 Å². The number of carbonyl (C=O) groups excluding carboxylic acids is 1. The second-order valence-corrected chi connectivity index (χ2v) is 3.33. The summed E-state index contributed by atoms with van der Waals surface area (Å²) in [6.07, 6.45) is 0.833. The molecule has 0 aliphatic rings. The molecule has 9 heavy (non-hydrogen) atoms. The minimum absolute atomic E-state index is 0.00778. The third kappa shape index (κ3) is 5.49. The van der Waals surface area contributed by atoms with Crippen molar-refractivity contribution in [1.29, 1.82) is 0 Å². The summed E-state index contributed by atoms with van der Waals surface area (Å²) >= 11 is 0. The lowest BCUT2D eigenvalue weighted by atomic mass is 10.6. The van der Waals surface area contributed by atoms with E-state index in [0.29, 0.717) is 5.75 Å². The van der Waals surface area contributed by atoms with Gasteiger partial charge in [0, 0.05) is 16.6 Å². The number of hydrogen-bond donors (Lipinski definition) is 1. The molecule has 0 rings (SSSR count). The molecule has 0 saturated heterocycles. The van der Waals surface area contributed by atoms with E-state index in [2.05, 4.69) is 0 Å². The smallest absolute Gasteiger partial charge is 0.230 e. The molecular weight excluding hydrogens is 138 g/mol. The second-order valence-electron chi connectivity index (χ2n) is 1.75. The van der Waals surface area contributed by atoms with E-state index < -0.39 is 16.7 Å². The predicted molar refractivity (Wildman–Crippen MR) is 37.4 cm³/mol. The van der Waals surface area contributed by atoms with Crippen LogP contribution >= 0.6 is 0 Å². The van der Waals surface area contributed by atoms with Crippen LogP contribution in [0, 0.1) is 0 Å². The van der Waals surface area contributed by atoms with Crippen LogP contribution in [0.2, 0.25) is 0 Å². The third-order valence-electron chi connectivity index (χ3n) is 0.735. The Morgan fingerprint density at radius 1 is 1.67 bits per heavy atom. The van der Waals surface area contributed by atoms with E-state index in [1.165, 1.54) is 0 Å². The lowest BCUT2D eigenvalue weighted by molar-refractivity contribution is -0.115. The molecule has 0 aromatic rings. The van der Waals surface area contributed by atoms with Gasteiger partial charge < -0.3 is 5.73 Å². The van der Waals surface area contributed by atoms with Gasteiger partial charge in [0.05, 0.1) is 0 Å². The van der Waals surface area contributed by atoms with E-state index in [-0.39, 0.29) is 5.75 Å². The van der Waals surface area contributed by atoms with E-state index in [0.717, 1.165) is 6.42 Å². The summed E-state index contributed by atoms with van der Waals surface area (Å²) in [6, 6.07) is 0. The molecule has 2 N–H and O–H groups in total. The lowest BCUT2D eigenvalue weighted by Gasteiger charge is -1.93. The van der Waals surface area contributed by atoms with Crippen molar-refractivity contribution < 1.29 is 9.00 Å². The molecule has 54 valence electrons. The van der Waals surface area contributed by atoms with Crippen LogP contribution < -0.4 is 5.73 Å². The van der Waals surface area contributed by atoms with E-state index >= 15 is 0 Å². The average Bonchev–Trinajstić information content (AvgIpc) is 1.63. The maximum atomic E-state index is 10.7. The topological polar surface area (TPSA) is 60.2 Å². The Morgan fingerprint density at radius 3 is 2.56 bits per heavy atom. The molecule has 0 aliphatic heterocycles. The first-order valence-corrected chi connectivity index (χ1v) is 4.29. The van der Waals surface area contributed by atoms with Gasteiger partial charge in [-0.1, -0.05) is 6.92 Å². The van der Waals surface area contributed by atoms with Crippen LogP contribution in [-0.2, 0) is 15.6 Å². The molecule has 0 radical (unpaired) electrons. The van der Waals surface area contributed by atoms with Crippen LogP contribution in [-0.4, -0.2) is 21.6 Å². The van der Waals surface area contributed by atoms with Crippen molar-refractivity contribution in [3.05, 3.63) is 0 Å². The average molecular weight is 149 g/mol. The fourth-order valence-electron chi connectivity index (χ4n) is 0.459. The molecule has 0 spiro atoms. The SMILES string of the molecule is CCCS(=O)CC(N)=O. The summed E-state index contributed by atoms with van der Waals surface area (Å²) in [5.41, 5.74) is 4.79. The molecule has 1 amide bonds. The Balaban J connectivity index is 3.39. The van der Waals surface area contributed by atoms with Crippen molar-refractivity contribution in [2.45, 2.75) is 13.3 Å². The van der Waals surface area contributed by atoms with Gasteiger partial charge in [-0.15, -0.1) is 0 Å². The zero-order valence-electron chi connectivity index (χ0n) is 5.42. The molecular formula is C5H11NO2S. The highest BCUT2D eigenvalue weighted by atomic mass is 32.2. The van der Waals surface area contributed by atoms with Crippen LogP contribution in [0.3, 0.4) is 0 Å². The highest BCUT2D eigenvalue weighted by Crippen LogP contribution is 1.84. The first kappa shape index (κ1) is 8.62. The van der Waals surface area contributed by atoms with Gasteiger partial charge in [-0.2, -0.15) is 0 Å². The first-order chi connectivity index (χ1) is 4.16. The van der Waals surface area contributed by atoms with E-state index in [4.69, 9.17) is 5.73 Å². The van der Waals surface area contributed by atoms with Crippen molar-refractivity contribution in [2.75, 3.05) is 11.5 Å². The monoisotopic (exact) mass is 149 g/mol. The summed E-state index contributed by atoms with van der Waals surface area (Å²) in [5.74, 6) is 0.0957. The van der Waals surface area contributed by atoms with Gasteiger partial charge in [-0.25, -0.2) is 0 Å². The van der Waals surface area contributed by atoms with Gasteiger partial charge in [0.25, 0.3) is 0 Å². The van der Waals surface area contributed by atoms with E-state index in [1.807, 2.05) is 6.92 Å². The number of hydrogen-bond acceptors (Lipinski definition) is 2. The Labute approximate surface area is 57.1 Å². The Morgan fingerprint density at radius 2 is 2.22 bits per heavy atom. The van der Waals surface area contributed by atoms with E-state index in [9.17, 15) is 9.00 Å². The fourth-order valence-corrected chi connectivity index (χ4v) is 1.38. The van der Waals surface area contributed by atoms with Crippen LogP contribution in [0.4, 0.5) is 0 Å². The van der Waals surface area contributed by atoms with Crippen molar-refractivity contribution >= 4 is 16.7 Å². The molecule has 0 fully saturated rings. The first-order valence-electron chi connectivity index (χ1n) is 2.80. The van der Waals surface area contributed by atoms with Gasteiger partial charge in [0.1, 0.15) is 5.75 Å². The molecule has 1 atom stereocenters. The maximum Gasteiger partial charge on any atom is 0.230 e. The van der Waals surface area contributed by atoms with Gasteiger partial charge >= 0.3 is 0 Å². The van der Waals surface area contributed by atoms with Crippen LogP contribution in [0.25, 0.3) is 0 Å². The maximum absolute atomic E-state index is 10.7. The highest BCUT2D eigenvalue weighted by molar-refractivity contribution is 7.85. The quantitative estimate of drug-likeness (QED) is 0.593. The van der Waals surface area contributed by atoms with Crippen molar-refractivity contribution in [3.8, 4) is 0 Å². The van der Waals surface area contributed by atoms with Gasteiger partial charge in [-0.05, 0) is 6.42 Å². The zero-order chi connectivity index (χ0) is 7.28. The van der Waals surface area contributed by atoms with E-state index in [1.54, 1.807) is 0 Å². The zero-order valence-corrected chi connectivity index (χ0v) is 6.24. The van der Waals surface area contributed by atoms with Crippen LogP contribution in [0.5, 0.6) is 0 Å². The molecule has 0 aliphatic carbocycles. The third-order valence-corrected chi connectivity index (χ3v) is 2.21. The number of carbonyl (C=O) groups is 1. The second kappa shape index (κ2) is 4.49.